The SMILES string of the molecule is CNC(c1ccccc1C)c1cc(C)c(OC)cc1C. The summed E-state index contributed by atoms with van der Waals surface area (Å²) in [7, 11) is 3.73. The zero-order valence-electron chi connectivity index (χ0n) is 12.9. The Kier molecular flexibility index (Phi) is 4.46. The molecule has 0 aliphatic carbocycles. The standard InChI is InChI=1S/C18H23NO/c1-12-8-6-7-9-15(12)18(19-4)16-10-14(3)17(20-5)11-13(16)2/h6-11,18-19H,1-5H3. The van der Waals surface area contributed by atoms with Crippen molar-refractivity contribution in [1.29, 1.82) is 0 Å². The van der Waals surface area contributed by atoms with Crippen molar-refractivity contribution in [2.24, 2.45) is 0 Å². The topological polar surface area (TPSA) is 21.3 Å². The fourth-order valence-corrected chi connectivity index (χ4v) is 2.73. The maximum atomic E-state index is 5.40. The minimum atomic E-state index is 0.209. The molecule has 1 unspecified atom stereocenters. The first-order valence-corrected chi connectivity index (χ1v) is 6.96. The number of benzene rings is 2. The Hall–Kier alpha value is -1.80. The van der Waals surface area contributed by atoms with Crippen LogP contribution in [0.25, 0.3) is 0 Å². The van der Waals surface area contributed by atoms with E-state index in [1.54, 1.807) is 7.11 Å². The number of aryl methyl sites for hydroxylation is 3. The minimum absolute atomic E-state index is 0.209. The fourth-order valence-electron chi connectivity index (χ4n) is 2.73. The summed E-state index contributed by atoms with van der Waals surface area (Å²) in [6.45, 7) is 6.39. The van der Waals surface area contributed by atoms with Gasteiger partial charge in [0.15, 0.2) is 0 Å². The summed E-state index contributed by atoms with van der Waals surface area (Å²) in [6.07, 6.45) is 0. The van der Waals surface area contributed by atoms with Crippen LogP contribution in [0.15, 0.2) is 36.4 Å². The molecule has 1 N–H and O–H groups in total. The third kappa shape index (κ3) is 2.70. The maximum absolute atomic E-state index is 5.40. The average Bonchev–Trinajstić information content (AvgIpc) is 2.45. The first kappa shape index (κ1) is 14.6. The van der Waals surface area contributed by atoms with Crippen LogP contribution in [0.3, 0.4) is 0 Å². The van der Waals surface area contributed by atoms with Gasteiger partial charge in [-0.05, 0) is 61.7 Å². The summed E-state index contributed by atoms with van der Waals surface area (Å²) in [6, 6.07) is 13.1. The van der Waals surface area contributed by atoms with Gasteiger partial charge in [-0.15, -0.1) is 0 Å². The van der Waals surface area contributed by atoms with Crippen molar-refractivity contribution in [3.63, 3.8) is 0 Å². The lowest BCUT2D eigenvalue weighted by atomic mass is 9.91. The zero-order chi connectivity index (χ0) is 14.7. The van der Waals surface area contributed by atoms with E-state index in [0.29, 0.717) is 0 Å². The van der Waals surface area contributed by atoms with E-state index in [-0.39, 0.29) is 6.04 Å². The Balaban J connectivity index is 2.53. The van der Waals surface area contributed by atoms with Crippen LogP contribution in [-0.2, 0) is 0 Å². The summed E-state index contributed by atoms with van der Waals surface area (Å²) in [5.74, 6) is 0.950. The van der Waals surface area contributed by atoms with Crippen molar-refractivity contribution in [1.82, 2.24) is 5.32 Å². The Labute approximate surface area is 121 Å². The molecule has 2 heteroatoms. The Bertz CT molecular complexity index is 604. The molecule has 1 atom stereocenters. The van der Waals surface area contributed by atoms with Crippen LogP contribution in [0.5, 0.6) is 5.75 Å². The van der Waals surface area contributed by atoms with Gasteiger partial charge in [0, 0.05) is 0 Å². The fraction of sp³-hybridized carbons (Fsp3) is 0.333. The molecule has 0 aliphatic rings. The molecule has 0 bridgehead atoms. The third-order valence-corrected chi connectivity index (χ3v) is 3.88. The molecule has 20 heavy (non-hydrogen) atoms. The molecule has 0 saturated heterocycles. The third-order valence-electron chi connectivity index (χ3n) is 3.88. The van der Waals surface area contributed by atoms with Gasteiger partial charge < -0.3 is 10.1 Å². The summed E-state index contributed by atoms with van der Waals surface area (Å²) >= 11 is 0. The first-order chi connectivity index (χ1) is 9.58. The summed E-state index contributed by atoms with van der Waals surface area (Å²) in [4.78, 5) is 0. The second-order valence-corrected chi connectivity index (χ2v) is 5.26. The molecule has 2 aromatic rings. The highest BCUT2D eigenvalue weighted by Crippen LogP contribution is 2.31. The van der Waals surface area contributed by atoms with Gasteiger partial charge in [-0.25, -0.2) is 0 Å². The van der Waals surface area contributed by atoms with Gasteiger partial charge >= 0.3 is 0 Å². The summed E-state index contributed by atoms with van der Waals surface area (Å²) < 4.78 is 5.40. The van der Waals surface area contributed by atoms with Crippen LogP contribution < -0.4 is 10.1 Å². The van der Waals surface area contributed by atoms with Gasteiger partial charge in [0.25, 0.3) is 0 Å². The minimum Gasteiger partial charge on any atom is -0.496 e. The van der Waals surface area contributed by atoms with Gasteiger partial charge in [0.2, 0.25) is 0 Å². The highest BCUT2D eigenvalue weighted by molar-refractivity contribution is 5.47. The first-order valence-electron chi connectivity index (χ1n) is 6.96. The Morgan fingerprint density at radius 3 is 2.20 bits per heavy atom. The second kappa shape index (κ2) is 6.10. The molecule has 0 amide bonds. The van der Waals surface area contributed by atoms with E-state index in [1.165, 1.54) is 27.8 Å². The van der Waals surface area contributed by atoms with Crippen molar-refractivity contribution < 1.29 is 4.74 Å². The number of ether oxygens (including phenoxy) is 1. The number of methoxy groups -OCH3 is 1. The average molecular weight is 269 g/mol. The molecule has 0 aromatic heterocycles. The summed E-state index contributed by atoms with van der Waals surface area (Å²) in [5.41, 5.74) is 6.35. The van der Waals surface area contributed by atoms with E-state index < -0.39 is 0 Å². The molecule has 0 fully saturated rings. The quantitative estimate of drug-likeness (QED) is 0.908. The molecule has 0 heterocycles. The van der Waals surface area contributed by atoms with Crippen molar-refractivity contribution in [3.05, 3.63) is 64.2 Å². The van der Waals surface area contributed by atoms with Crippen molar-refractivity contribution >= 4 is 0 Å². The molecule has 106 valence electrons. The van der Waals surface area contributed by atoms with Gasteiger partial charge in [0.1, 0.15) is 5.75 Å². The van der Waals surface area contributed by atoms with Gasteiger partial charge in [-0.3, -0.25) is 0 Å². The highest BCUT2D eigenvalue weighted by Gasteiger charge is 2.17. The number of hydrogen-bond acceptors (Lipinski definition) is 2. The molecule has 2 aromatic carbocycles. The lowest BCUT2D eigenvalue weighted by Crippen LogP contribution is -2.20. The highest BCUT2D eigenvalue weighted by atomic mass is 16.5. The van der Waals surface area contributed by atoms with E-state index in [2.05, 4.69) is 62.5 Å². The van der Waals surface area contributed by atoms with E-state index in [1.807, 2.05) is 7.05 Å². The largest absolute Gasteiger partial charge is 0.496 e. The molecule has 2 nitrogen and oxygen atoms in total. The molecule has 0 saturated carbocycles. The van der Waals surface area contributed by atoms with Crippen molar-refractivity contribution in [2.75, 3.05) is 14.2 Å². The van der Waals surface area contributed by atoms with E-state index in [9.17, 15) is 0 Å². The van der Waals surface area contributed by atoms with Crippen LogP contribution in [-0.4, -0.2) is 14.2 Å². The molecular formula is C18H23NO. The Morgan fingerprint density at radius 1 is 0.900 bits per heavy atom. The molecule has 0 spiro atoms. The Morgan fingerprint density at radius 2 is 1.60 bits per heavy atom. The van der Waals surface area contributed by atoms with E-state index in [0.717, 1.165) is 5.75 Å². The van der Waals surface area contributed by atoms with Crippen LogP contribution >= 0.6 is 0 Å². The lowest BCUT2D eigenvalue weighted by molar-refractivity contribution is 0.411. The number of hydrogen-bond donors (Lipinski definition) is 1. The lowest BCUT2D eigenvalue weighted by Gasteiger charge is -2.22. The predicted molar refractivity (Wildman–Crippen MR) is 84.5 cm³/mol. The smallest absolute Gasteiger partial charge is 0.122 e. The van der Waals surface area contributed by atoms with Crippen LogP contribution in [0, 0.1) is 20.8 Å². The van der Waals surface area contributed by atoms with Crippen molar-refractivity contribution in [2.45, 2.75) is 26.8 Å². The van der Waals surface area contributed by atoms with E-state index >= 15 is 0 Å². The van der Waals surface area contributed by atoms with Gasteiger partial charge in [-0.2, -0.15) is 0 Å². The summed E-state index contributed by atoms with van der Waals surface area (Å²) in [5, 5.41) is 3.44. The number of nitrogens with one attached hydrogen (secondary N) is 1. The number of rotatable bonds is 4. The van der Waals surface area contributed by atoms with Crippen LogP contribution in [0.4, 0.5) is 0 Å². The van der Waals surface area contributed by atoms with Gasteiger partial charge in [-0.1, -0.05) is 30.3 Å². The zero-order valence-corrected chi connectivity index (χ0v) is 12.9. The predicted octanol–water partition coefficient (Wildman–Crippen LogP) is 3.93. The van der Waals surface area contributed by atoms with Crippen molar-refractivity contribution in [3.8, 4) is 5.75 Å². The normalized spacial score (nSPS) is 12.2. The molecule has 2 rings (SSSR count). The molecule has 0 radical (unpaired) electrons. The molecule has 0 aliphatic heterocycles. The second-order valence-electron chi connectivity index (χ2n) is 5.26. The van der Waals surface area contributed by atoms with E-state index in [4.69, 9.17) is 4.74 Å². The monoisotopic (exact) mass is 269 g/mol. The molecular weight excluding hydrogens is 246 g/mol. The van der Waals surface area contributed by atoms with Gasteiger partial charge in [0.05, 0.1) is 13.2 Å². The van der Waals surface area contributed by atoms with Crippen LogP contribution in [0.1, 0.15) is 33.9 Å². The van der Waals surface area contributed by atoms with Crippen LogP contribution in [0.2, 0.25) is 0 Å². The maximum Gasteiger partial charge on any atom is 0.122 e.